The smallest absolute Gasteiger partial charge is 0.281 e. The number of furan rings is 1. The van der Waals surface area contributed by atoms with Gasteiger partial charge in [-0.3, -0.25) is 14.9 Å². The predicted molar refractivity (Wildman–Crippen MR) is 100.0 cm³/mol. The number of hydrogen-bond acceptors (Lipinski definition) is 5. The van der Waals surface area contributed by atoms with Gasteiger partial charge in [0.25, 0.3) is 11.6 Å². The second-order valence-corrected chi connectivity index (χ2v) is 6.24. The number of carbonyl (C=O) groups is 1. The highest BCUT2D eigenvalue weighted by Crippen LogP contribution is 2.33. The monoisotopic (exact) mass is 431 g/mol. The first-order valence-electron chi connectivity index (χ1n) is 7.57. The Labute approximate surface area is 160 Å². The second-order valence-electron chi connectivity index (χ2n) is 5.33. The van der Waals surface area contributed by atoms with E-state index in [1.165, 1.54) is 36.5 Å². The summed E-state index contributed by atoms with van der Waals surface area (Å²) in [4.78, 5) is 22.6. The van der Waals surface area contributed by atoms with Gasteiger partial charge in [-0.1, -0.05) is 15.9 Å². The zero-order valence-corrected chi connectivity index (χ0v) is 15.1. The SMILES string of the molecule is O=C(N/N=C\c1ccc(-c2ccc(Br)cc2[N+](=O)[O-])o1)c1ccc(F)cc1. The molecule has 0 radical (unpaired) electrons. The lowest BCUT2D eigenvalue weighted by Crippen LogP contribution is -2.17. The summed E-state index contributed by atoms with van der Waals surface area (Å²) in [6.07, 6.45) is 1.26. The largest absolute Gasteiger partial charge is 0.455 e. The molecular formula is C18H11BrFN3O4. The van der Waals surface area contributed by atoms with Gasteiger partial charge in [0.15, 0.2) is 0 Å². The zero-order valence-electron chi connectivity index (χ0n) is 13.6. The van der Waals surface area contributed by atoms with Crippen LogP contribution in [0, 0.1) is 15.9 Å². The summed E-state index contributed by atoms with van der Waals surface area (Å²) in [5.74, 6) is -0.371. The van der Waals surface area contributed by atoms with Crippen molar-refractivity contribution in [1.29, 1.82) is 0 Å². The number of nitro groups is 1. The van der Waals surface area contributed by atoms with E-state index in [4.69, 9.17) is 4.42 Å². The third-order valence-electron chi connectivity index (χ3n) is 3.51. The van der Waals surface area contributed by atoms with Crippen molar-refractivity contribution in [3.63, 3.8) is 0 Å². The lowest BCUT2D eigenvalue weighted by Gasteiger charge is -2.00. The molecule has 0 atom stereocenters. The Morgan fingerprint density at radius 1 is 1.19 bits per heavy atom. The van der Waals surface area contributed by atoms with Crippen LogP contribution in [-0.4, -0.2) is 17.0 Å². The number of nitrogens with zero attached hydrogens (tertiary/aromatic N) is 2. The first kappa shape index (κ1) is 18.5. The Kier molecular flexibility index (Phi) is 5.41. The molecule has 1 N–H and O–H groups in total. The number of benzene rings is 2. The number of nitro benzene ring substituents is 1. The van der Waals surface area contributed by atoms with Gasteiger partial charge in [-0.15, -0.1) is 0 Å². The number of rotatable bonds is 5. The Morgan fingerprint density at radius 3 is 2.63 bits per heavy atom. The maximum absolute atomic E-state index is 12.8. The topological polar surface area (TPSA) is 97.7 Å². The van der Waals surface area contributed by atoms with E-state index in [1.807, 2.05) is 0 Å². The standard InChI is InChI=1S/C18H11BrFN3O4/c19-12-3-7-15(16(9-12)23(25)26)17-8-6-14(27-17)10-21-22-18(24)11-1-4-13(20)5-2-11/h1-10H,(H,22,24)/b21-10-. The van der Waals surface area contributed by atoms with Crippen LogP contribution in [-0.2, 0) is 0 Å². The highest BCUT2D eigenvalue weighted by Gasteiger charge is 2.18. The van der Waals surface area contributed by atoms with Crippen LogP contribution in [0.2, 0.25) is 0 Å². The summed E-state index contributed by atoms with van der Waals surface area (Å²) < 4.78 is 19.0. The van der Waals surface area contributed by atoms with Gasteiger partial charge in [-0.25, -0.2) is 9.82 Å². The molecule has 1 heterocycles. The molecule has 0 aliphatic rings. The maximum atomic E-state index is 12.8. The van der Waals surface area contributed by atoms with E-state index in [9.17, 15) is 19.3 Å². The lowest BCUT2D eigenvalue weighted by atomic mass is 10.1. The van der Waals surface area contributed by atoms with Crippen molar-refractivity contribution in [2.45, 2.75) is 0 Å². The number of halogens is 2. The van der Waals surface area contributed by atoms with Crippen molar-refractivity contribution in [2.75, 3.05) is 0 Å². The predicted octanol–water partition coefficient (Wildman–Crippen LogP) is 4.52. The number of hydrazone groups is 1. The zero-order chi connectivity index (χ0) is 19.4. The van der Waals surface area contributed by atoms with Crippen LogP contribution in [0.15, 0.2) is 68.6 Å². The average molecular weight is 432 g/mol. The van der Waals surface area contributed by atoms with E-state index in [2.05, 4.69) is 26.5 Å². The molecular weight excluding hydrogens is 421 g/mol. The molecule has 7 nitrogen and oxygen atoms in total. The minimum absolute atomic E-state index is 0.105. The van der Waals surface area contributed by atoms with E-state index in [0.717, 1.165) is 0 Å². The summed E-state index contributed by atoms with van der Waals surface area (Å²) >= 11 is 3.20. The van der Waals surface area contributed by atoms with Crippen molar-refractivity contribution in [2.24, 2.45) is 5.10 Å². The van der Waals surface area contributed by atoms with E-state index in [1.54, 1.807) is 24.3 Å². The molecule has 0 spiro atoms. The molecule has 0 fully saturated rings. The molecule has 0 saturated heterocycles. The van der Waals surface area contributed by atoms with Crippen molar-refractivity contribution in [3.8, 4) is 11.3 Å². The van der Waals surface area contributed by atoms with E-state index in [0.29, 0.717) is 21.6 Å². The summed E-state index contributed by atoms with van der Waals surface area (Å²) in [6.45, 7) is 0. The number of carbonyl (C=O) groups excluding carboxylic acids is 1. The fraction of sp³-hybridized carbons (Fsp3) is 0. The molecule has 3 aromatic rings. The van der Waals surface area contributed by atoms with Gasteiger partial charge < -0.3 is 4.42 Å². The minimum Gasteiger partial charge on any atom is -0.455 e. The summed E-state index contributed by atoms with van der Waals surface area (Å²) in [5, 5.41) is 15.0. The number of hydrogen-bond donors (Lipinski definition) is 1. The summed E-state index contributed by atoms with van der Waals surface area (Å²) in [6, 6.07) is 12.8. The fourth-order valence-corrected chi connectivity index (χ4v) is 2.60. The maximum Gasteiger partial charge on any atom is 0.281 e. The molecule has 0 saturated carbocycles. The molecule has 0 bridgehead atoms. The van der Waals surface area contributed by atoms with Crippen LogP contribution in [0.25, 0.3) is 11.3 Å². The first-order chi connectivity index (χ1) is 12.9. The van der Waals surface area contributed by atoms with E-state index < -0.39 is 16.6 Å². The molecule has 136 valence electrons. The molecule has 0 aliphatic heterocycles. The Bertz CT molecular complexity index is 1030. The van der Waals surface area contributed by atoms with Crippen molar-refractivity contribution in [3.05, 3.63) is 86.3 Å². The van der Waals surface area contributed by atoms with Gasteiger partial charge in [0.2, 0.25) is 0 Å². The highest BCUT2D eigenvalue weighted by atomic mass is 79.9. The summed E-state index contributed by atoms with van der Waals surface area (Å²) in [7, 11) is 0. The van der Waals surface area contributed by atoms with Gasteiger partial charge in [0.05, 0.1) is 16.7 Å². The molecule has 9 heteroatoms. The normalized spacial score (nSPS) is 10.9. The average Bonchev–Trinajstić information content (AvgIpc) is 3.10. The van der Waals surface area contributed by atoms with Crippen LogP contribution >= 0.6 is 15.9 Å². The fourth-order valence-electron chi connectivity index (χ4n) is 2.25. The number of amides is 1. The van der Waals surface area contributed by atoms with E-state index >= 15 is 0 Å². The quantitative estimate of drug-likeness (QED) is 0.364. The highest BCUT2D eigenvalue weighted by molar-refractivity contribution is 9.10. The Balaban J connectivity index is 1.73. The van der Waals surface area contributed by atoms with Crippen LogP contribution in [0.4, 0.5) is 10.1 Å². The van der Waals surface area contributed by atoms with Crippen LogP contribution in [0.1, 0.15) is 16.1 Å². The van der Waals surface area contributed by atoms with Crippen LogP contribution in [0.5, 0.6) is 0 Å². The van der Waals surface area contributed by atoms with Gasteiger partial charge >= 0.3 is 0 Å². The first-order valence-corrected chi connectivity index (χ1v) is 8.36. The number of nitrogens with one attached hydrogen (secondary N) is 1. The van der Waals surface area contributed by atoms with Gasteiger partial charge in [-0.05, 0) is 48.5 Å². The van der Waals surface area contributed by atoms with Crippen LogP contribution < -0.4 is 5.43 Å². The molecule has 27 heavy (non-hydrogen) atoms. The molecule has 0 aliphatic carbocycles. The molecule has 1 amide bonds. The van der Waals surface area contributed by atoms with Crippen molar-refractivity contribution >= 4 is 33.7 Å². The van der Waals surface area contributed by atoms with E-state index in [-0.39, 0.29) is 11.3 Å². The minimum atomic E-state index is -0.512. The van der Waals surface area contributed by atoms with Crippen molar-refractivity contribution in [1.82, 2.24) is 5.43 Å². The lowest BCUT2D eigenvalue weighted by molar-refractivity contribution is -0.384. The third kappa shape index (κ3) is 4.45. The van der Waals surface area contributed by atoms with Gasteiger partial charge in [-0.2, -0.15) is 5.10 Å². The van der Waals surface area contributed by atoms with Crippen molar-refractivity contribution < 1.29 is 18.5 Å². The molecule has 2 aromatic carbocycles. The molecule has 3 rings (SSSR count). The molecule has 0 unspecified atom stereocenters. The Morgan fingerprint density at radius 2 is 1.93 bits per heavy atom. The molecule has 1 aromatic heterocycles. The summed E-state index contributed by atoms with van der Waals surface area (Å²) in [5.41, 5.74) is 2.75. The third-order valence-corrected chi connectivity index (χ3v) is 4.01. The van der Waals surface area contributed by atoms with Gasteiger partial charge in [0.1, 0.15) is 17.3 Å². The van der Waals surface area contributed by atoms with Crippen LogP contribution in [0.3, 0.4) is 0 Å². The second kappa shape index (κ2) is 7.92. The van der Waals surface area contributed by atoms with Gasteiger partial charge in [0, 0.05) is 16.1 Å². The Hall–Kier alpha value is -3.33.